The van der Waals surface area contributed by atoms with Gasteiger partial charge in [-0.25, -0.2) is 4.79 Å². The molecule has 2 aromatic carbocycles. The van der Waals surface area contributed by atoms with E-state index in [9.17, 15) is 9.59 Å². The Hall–Kier alpha value is -4.33. The van der Waals surface area contributed by atoms with Crippen LogP contribution >= 0.6 is 0 Å². The van der Waals surface area contributed by atoms with Crippen LogP contribution in [0, 0.1) is 0 Å². The number of fused-ring (bicyclic) bond motifs is 3. The Labute approximate surface area is 189 Å². The van der Waals surface area contributed by atoms with Crippen molar-refractivity contribution in [2.24, 2.45) is 7.05 Å². The smallest absolute Gasteiger partial charge is 0.332 e. The molecule has 3 heterocycles. The molecule has 5 rings (SSSR count). The average Bonchev–Trinajstić information content (AvgIpc) is 3.37. The monoisotopic (exact) mass is 441 g/mol. The highest BCUT2D eigenvalue weighted by Crippen LogP contribution is 2.29. The van der Waals surface area contributed by atoms with Crippen molar-refractivity contribution in [1.29, 1.82) is 0 Å². The second-order valence-corrected chi connectivity index (χ2v) is 8.06. The highest BCUT2D eigenvalue weighted by molar-refractivity contribution is 5.79. The van der Waals surface area contributed by atoms with Gasteiger partial charge in [0, 0.05) is 24.5 Å². The lowest BCUT2D eigenvalue weighted by atomic mass is 10.1. The molecule has 5 aromatic rings. The van der Waals surface area contributed by atoms with Gasteiger partial charge in [0.25, 0.3) is 5.56 Å². The molecule has 0 bridgehead atoms. The Bertz CT molecular complexity index is 1630. The van der Waals surface area contributed by atoms with Crippen LogP contribution in [0.3, 0.4) is 0 Å². The van der Waals surface area contributed by atoms with Crippen molar-refractivity contribution < 1.29 is 4.74 Å². The SMILES string of the molecule is C=C(C)Cn1c(=O)c2c(nc3n(-c4ccc(OC)cc4)c(-c4ccccc4)cn23)n(C)c1=O. The molecule has 0 N–H and O–H groups in total. The maximum atomic E-state index is 13.4. The highest BCUT2D eigenvalue weighted by atomic mass is 16.5. The molecule has 3 aromatic heterocycles. The zero-order chi connectivity index (χ0) is 23.3. The minimum atomic E-state index is -0.421. The molecule has 0 aliphatic carbocycles. The fourth-order valence-electron chi connectivity index (χ4n) is 4.10. The summed E-state index contributed by atoms with van der Waals surface area (Å²) in [6.07, 6.45) is 1.89. The number of rotatable bonds is 5. The fourth-order valence-corrected chi connectivity index (χ4v) is 4.10. The van der Waals surface area contributed by atoms with E-state index in [2.05, 4.69) is 6.58 Å². The first-order valence-corrected chi connectivity index (χ1v) is 10.5. The molecule has 166 valence electrons. The second-order valence-electron chi connectivity index (χ2n) is 8.06. The lowest BCUT2D eigenvalue weighted by Gasteiger charge is -2.10. The number of methoxy groups -OCH3 is 1. The molecule has 0 spiro atoms. The van der Waals surface area contributed by atoms with E-state index < -0.39 is 11.2 Å². The molecule has 0 saturated carbocycles. The number of aryl methyl sites for hydroxylation is 1. The zero-order valence-corrected chi connectivity index (χ0v) is 18.6. The van der Waals surface area contributed by atoms with Crippen molar-refractivity contribution in [3.05, 3.63) is 93.8 Å². The Morgan fingerprint density at radius 3 is 2.39 bits per heavy atom. The molecule has 8 nitrogen and oxygen atoms in total. The lowest BCUT2D eigenvalue weighted by molar-refractivity contribution is 0.415. The molecular formula is C25H23N5O3. The van der Waals surface area contributed by atoms with E-state index in [0.717, 1.165) is 28.3 Å². The van der Waals surface area contributed by atoms with Gasteiger partial charge in [0.15, 0.2) is 11.2 Å². The maximum Gasteiger partial charge on any atom is 0.332 e. The summed E-state index contributed by atoms with van der Waals surface area (Å²) in [5.41, 5.74) is 3.27. The van der Waals surface area contributed by atoms with E-state index >= 15 is 0 Å². The molecule has 0 amide bonds. The Morgan fingerprint density at radius 1 is 1.06 bits per heavy atom. The summed E-state index contributed by atoms with van der Waals surface area (Å²) >= 11 is 0. The number of imidazole rings is 2. The zero-order valence-electron chi connectivity index (χ0n) is 18.6. The topological polar surface area (TPSA) is 75.5 Å². The number of benzene rings is 2. The van der Waals surface area contributed by atoms with Crippen molar-refractivity contribution in [2.75, 3.05) is 7.11 Å². The van der Waals surface area contributed by atoms with Crippen LogP contribution in [-0.2, 0) is 13.6 Å². The summed E-state index contributed by atoms with van der Waals surface area (Å²) in [6, 6.07) is 17.5. The van der Waals surface area contributed by atoms with Gasteiger partial charge in [-0.05, 0) is 31.2 Å². The number of hydrogen-bond acceptors (Lipinski definition) is 4. The van der Waals surface area contributed by atoms with Gasteiger partial charge in [0.05, 0.1) is 19.3 Å². The van der Waals surface area contributed by atoms with E-state index in [-0.39, 0.29) is 6.54 Å². The maximum absolute atomic E-state index is 13.4. The summed E-state index contributed by atoms with van der Waals surface area (Å²) < 4.78 is 11.7. The summed E-state index contributed by atoms with van der Waals surface area (Å²) in [6.45, 7) is 5.80. The predicted octanol–water partition coefficient (Wildman–Crippen LogP) is 3.39. The molecule has 0 saturated heterocycles. The van der Waals surface area contributed by atoms with Gasteiger partial charge < -0.3 is 4.74 Å². The molecule has 0 atom stereocenters. The van der Waals surface area contributed by atoms with Gasteiger partial charge in [0.1, 0.15) is 5.75 Å². The van der Waals surface area contributed by atoms with Crippen LogP contribution in [0.5, 0.6) is 5.75 Å². The minimum Gasteiger partial charge on any atom is -0.497 e. The molecule has 0 fully saturated rings. The molecular weight excluding hydrogens is 418 g/mol. The first kappa shape index (κ1) is 20.6. The van der Waals surface area contributed by atoms with Crippen LogP contribution in [0.1, 0.15) is 6.92 Å². The van der Waals surface area contributed by atoms with Crippen molar-refractivity contribution in [2.45, 2.75) is 13.5 Å². The third kappa shape index (κ3) is 3.18. The van der Waals surface area contributed by atoms with Crippen molar-refractivity contribution >= 4 is 16.9 Å². The van der Waals surface area contributed by atoms with E-state index in [1.54, 1.807) is 25.5 Å². The third-order valence-electron chi connectivity index (χ3n) is 5.68. The van der Waals surface area contributed by atoms with E-state index in [1.165, 1.54) is 9.13 Å². The summed E-state index contributed by atoms with van der Waals surface area (Å²) in [5, 5.41) is 0. The van der Waals surface area contributed by atoms with Crippen molar-refractivity contribution in [3.8, 4) is 22.7 Å². The van der Waals surface area contributed by atoms with Crippen LogP contribution in [0.4, 0.5) is 0 Å². The second kappa shape index (κ2) is 7.67. The van der Waals surface area contributed by atoms with Gasteiger partial charge in [-0.3, -0.25) is 22.9 Å². The Kier molecular flexibility index (Phi) is 4.78. The van der Waals surface area contributed by atoms with Crippen LogP contribution in [0.25, 0.3) is 33.9 Å². The van der Waals surface area contributed by atoms with E-state index in [0.29, 0.717) is 16.9 Å². The van der Waals surface area contributed by atoms with Gasteiger partial charge in [0.2, 0.25) is 5.78 Å². The third-order valence-corrected chi connectivity index (χ3v) is 5.68. The summed E-state index contributed by atoms with van der Waals surface area (Å²) in [4.78, 5) is 31.0. The largest absolute Gasteiger partial charge is 0.497 e. The normalized spacial score (nSPS) is 11.4. The fraction of sp³-hybridized carbons (Fsp3) is 0.160. The van der Waals surface area contributed by atoms with Crippen LogP contribution < -0.4 is 16.0 Å². The number of allylic oxidation sites excluding steroid dienone is 1. The van der Waals surface area contributed by atoms with Crippen LogP contribution in [0.15, 0.2) is 82.5 Å². The summed E-state index contributed by atoms with van der Waals surface area (Å²) in [5.74, 6) is 1.27. The number of ether oxygens (including phenoxy) is 1. The highest BCUT2D eigenvalue weighted by Gasteiger charge is 2.22. The standard InChI is InChI=1S/C25H23N5O3/c1-16(2)14-29-23(31)21-22(27(3)25(29)32)26-24-28(21)15-20(17-8-6-5-7-9-17)30(24)18-10-12-19(33-4)13-11-18/h5-13,15H,1,14H2,2-4H3. The number of hydrogen-bond donors (Lipinski definition) is 0. The summed E-state index contributed by atoms with van der Waals surface area (Å²) in [7, 11) is 3.25. The minimum absolute atomic E-state index is 0.152. The first-order chi connectivity index (χ1) is 15.9. The van der Waals surface area contributed by atoms with E-state index in [4.69, 9.17) is 9.72 Å². The van der Waals surface area contributed by atoms with Gasteiger partial charge in [-0.1, -0.05) is 42.5 Å². The van der Waals surface area contributed by atoms with Gasteiger partial charge in [-0.15, -0.1) is 0 Å². The Morgan fingerprint density at radius 2 is 1.76 bits per heavy atom. The first-order valence-electron chi connectivity index (χ1n) is 10.5. The lowest BCUT2D eigenvalue weighted by Crippen LogP contribution is -2.39. The molecule has 0 aliphatic rings. The molecule has 33 heavy (non-hydrogen) atoms. The Balaban J connectivity index is 1.91. The molecule has 8 heteroatoms. The quantitative estimate of drug-likeness (QED) is 0.392. The van der Waals surface area contributed by atoms with E-state index in [1.807, 2.05) is 65.4 Å². The molecule has 0 radical (unpaired) electrons. The molecule has 0 aliphatic heterocycles. The van der Waals surface area contributed by atoms with Gasteiger partial charge >= 0.3 is 5.69 Å². The predicted molar refractivity (Wildman–Crippen MR) is 128 cm³/mol. The van der Waals surface area contributed by atoms with Crippen molar-refractivity contribution in [1.82, 2.24) is 23.1 Å². The average molecular weight is 441 g/mol. The van der Waals surface area contributed by atoms with Crippen LogP contribution in [-0.4, -0.2) is 30.2 Å². The van der Waals surface area contributed by atoms with Crippen LogP contribution in [0.2, 0.25) is 0 Å². The molecule has 0 unspecified atom stereocenters. The van der Waals surface area contributed by atoms with Gasteiger partial charge in [-0.2, -0.15) is 4.98 Å². The number of nitrogens with zero attached hydrogens (tertiary/aromatic N) is 5. The van der Waals surface area contributed by atoms with Crippen molar-refractivity contribution in [3.63, 3.8) is 0 Å². The number of aromatic nitrogens is 5.